The molecule has 30 heavy (non-hydrogen) atoms. The highest BCUT2D eigenvalue weighted by Crippen LogP contribution is 2.40. The molecular formula is C22H24N4O3S. The third-order valence-electron chi connectivity index (χ3n) is 6.72. The Morgan fingerprint density at radius 3 is 2.67 bits per heavy atom. The van der Waals surface area contributed by atoms with Crippen molar-refractivity contribution in [3.63, 3.8) is 0 Å². The van der Waals surface area contributed by atoms with Crippen LogP contribution < -0.4 is 4.90 Å². The first-order chi connectivity index (χ1) is 14.4. The van der Waals surface area contributed by atoms with Gasteiger partial charge in [-0.15, -0.1) is 0 Å². The summed E-state index contributed by atoms with van der Waals surface area (Å²) < 4.78 is 27.1. The number of hydrogen-bond donors (Lipinski definition) is 1. The Bertz CT molecular complexity index is 1310. The number of piperidine rings is 1. The Kier molecular flexibility index (Phi) is 4.31. The van der Waals surface area contributed by atoms with Gasteiger partial charge in [0.05, 0.1) is 28.1 Å². The van der Waals surface area contributed by atoms with Gasteiger partial charge in [0.25, 0.3) is 0 Å². The van der Waals surface area contributed by atoms with Gasteiger partial charge in [-0.3, -0.25) is 4.40 Å². The zero-order chi connectivity index (χ0) is 21.1. The summed E-state index contributed by atoms with van der Waals surface area (Å²) in [5.74, 6) is 0.853. The maximum atomic E-state index is 12.6. The summed E-state index contributed by atoms with van der Waals surface area (Å²) in [6.45, 7) is 3.67. The van der Waals surface area contributed by atoms with Crippen LogP contribution in [-0.4, -0.2) is 48.4 Å². The van der Waals surface area contributed by atoms with E-state index in [4.69, 9.17) is 4.98 Å². The van der Waals surface area contributed by atoms with Crippen LogP contribution in [0.4, 0.5) is 5.82 Å². The quantitative estimate of drug-likeness (QED) is 0.678. The first-order valence-electron chi connectivity index (χ1n) is 10.3. The first-order valence-corrected chi connectivity index (χ1v) is 12.1. The van der Waals surface area contributed by atoms with Crippen molar-refractivity contribution in [3.05, 3.63) is 41.0 Å². The van der Waals surface area contributed by atoms with Crippen LogP contribution >= 0.6 is 0 Å². The fourth-order valence-electron chi connectivity index (χ4n) is 4.81. The molecule has 0 radical (unpaired) electrons. The number of sulfone groups is 1. The van der Waals surface area contributed by atoms with Crippen molar-refractivity contribution < 1.29 is 13.5 Å². The molecule has 8 heteroatoms. The molecular weight excluding hydrogens is 400 g/mol. The number of benzene rings is 1. The van der Waals surface area contributed by atoms with E-state index in [1.807, 2.05) is 28.7 Å². The van der Waals surface area contributed by atoms with Gasteiger partial charge in [-0.25, -0.2) is 13.4 Å². The van der Waals surface area contributed by atoms with Gasteiger partial charge in [-0.05, 0) is 42.4 Å². The second kappa shape index (κ2) is 6.69. The monoisotopic (exact) mass is 424 g/mol. The molecule has 1 saturated heterocycles. The van der Waals surface area contributed by atoms with Gasteiger partial charge in [-0.1, -0.05) is 19.1 Å². The molecule has 0 spiro atoms. The maximum absolute atomic E-state index is 12.6. The summed E-state index contributed by atoms with van der Waals surface area (Å²) in [4.78, 5) is 6.98. The molecule has 1 aromatic carbocycles. The van der Waals surface area contributed by atoms with E-state index in [-0.39, 0.29) is 23.5 Å². The van der Waals surface area contributed by atoms with Crippen molar-refractivity contribution in [1.82, 2.24) is 9.38 Å². The third-order valence-corrected chi connectivity index (χ3v) is 8.28. The van der Waals surface area contributed by atoms with E-state index in [2.05, 4.69) is 17.9 Å². The Labute approximate surface area is 175 Å². The van der Waals surface area contributed by atoms with Gasteiger partial charge >= 0.3 is 0 Å². The van der Waals surface area contributed by atoms with E-state index in [1.165, 1.54) is 0 Å². The van der Waals surface area contributed by atoms with Gasteiger partial charge in [0.2, 0.25) is 0 Å². The highest BCUT2D eigenvalue weighted by Gasteiger charge is 2.35. The lowest BCUT2D eigenvalue weighted by Gasteiger charge is -2.41. The molecule has 1 fully saturated rings. The van der Waals surface area contributed by atoms with Crippen LogP contribution in [0.2, 0.25) is 0 Å². The number of aliphatic hydroxyl groups excluding tert-OH is 1. The SMILES string of the molecule is CC1(CO)CCN(c2c3c(c(C#N)c4nc5ccccc5n24)CCS(=O)(=O)C3)CC1. The van der Waals surface area contributed by atoms with Crippen LogP contribution in [-0.2, 0) is 22.0 Å². The van der Waals surface area contributed by atoms with E-state index in [9.17, 15) is 18.8 Å². The van der Waals surface area contributed by atoms with Crippen LogP contribution in [0.25, 0.3) is 16.7 Å². The Morgan fingerprint density at radius 2 is 1.97 bits per heavy atom. The Balaban J connectivity index is 1.83. The number of aromatic nitrogens is 2. The van der Waals surface area contributed by atoms with Gasteiger partial charge < -0.3 is 10.0 Å². The van der Waals surface area contributed by atoms with Crippen molar-refractivity contribution in [2.45, 2.75) is 31.9 Å². The van der Waals surface area contributed by atoms with Crippen LogP contribution in [0, 0.1) is 16.7 Å². The molecule has 7 nitrogen and oxygen atoms in total. The fourth-order valence-corrected chi connectivity index (χ4v) is 6.21. The summed E-state index contributed by atoms with van der Waals surface area (Å²) in [6, 6.07) is 10.0. The van der Waals surface area contributed by atoms with Crippen molar-refractivity contribution in [2.75, 3.05) is 30.3 Å². The minimum Gasteiger partial charge on any atom is -0.396 e. The molecule has 0 amide bonds. The number of nitrogens with zero attached hydrogens (tertiary/aromatic N) is 4. The minimum absolute atomic E-state index is 0.0530. The molecule has 1 N–H and O–H groups in total. The van der Waals surface area contributed by atoms with Gasteiger partial charge in [0.15, 0.2) is 15.5 Å². The highest BCUT2D eigenvalue weighted by molar-refractivity contribution is 7.90. The normalized spacial score (nSPS) is 20.2. The lowest BCUT2D eigenvalue weighted by Crippen LogP contribution is -2.42. The van der Waals surface area contributed by atoms with Gasteiger partial charge in [0.1, 0.15) is 11.9 Å². The third kappa shape index (κ3) is 2.88. The lowest BCUT2D eigenvalue weighted by molar-refractivity contribution is 0.114. The Hall–Kier alpha value is -2.63. The summed E-state index contributed by atoms with van der Waals surface area (Å²) >= 11 is 0. The topological polar surface area (TPSA) is 98.7 Å². The van der Waals surface area contributed by atoms with Gasteiger partial charge in [0, 0.05) is 25.3 Å². The van der Waals surface area contributed by atoms with Crippen molar-refractivity contribution >= 4 is 32.3 Å². The number of rotatable bonds is 2. The Morgan fingerprint density at radius 1 is 1.23 bits per heavy atom. The highest BCUT2D eigenvalue weighted by atomic mass is 32.2. The number of nitriles is 1. The smallest absolute Gasteiger partial charge is 0.157 e. The van der Waals surface area contributed by atoms with E-state index in [1.54, 1.807) is 0 Å². The lowest BCUT2D eigenvalue weighted by atomic mass is 9.81. The summed E-state index contributed by atoms with van der Waals surface area (Å²) in [6.07, 6.45) is 1.98. The zero-order valence-corrected chi connectivity index (χ0v) is 17.7. The molecule has 2 aliphatic rings. The molecule has 0 saturated carbocycles. The van der Waals surface area contributed by atoms with Crippen molar-refractivity contribution in [3.8, 4) is 6.07 Å². The maximum Gasteiger partial charge on any atom is 0.157 e. The second-order valence-corrected chi connectivity index (χ2v) is 11.0. The van der Waals surface area contributed by atoms with Crippen LogP contribution in [0.3, 0.4) is 0 Å². The van der Waals surface area contributed by atoms with Crippen molar-refractivity contribution in [1.29, 1.82) is 5.26 Å². The molecule has 2 aliphatic heterocycles. The van der Waals surface area contributed by atoms with Gasteiger partial charge in [-0.2, -0.15) is 5.26 Å². The number of imidazole rings is 1. The molecule has 0 unspecified atom stereocenters. The standard InChI is InChI=1S/C22H24N4O3S/c1-22(14-27)7-9-25(10-8-22)21-17-13-30(28,29)11-6-15(17)16(12-23)20-24-18-4-2-3-5-19(18)26(20)21/h2-5,27H,6-11,13-14H2,1H3. The van der Waals surface area contributed by atoms with Crippen molar-refractivity contribution in [2.24, 2.45) is 5.41 Å². The van der Waals surface area contributed by atoms with E-state index >= 15 is 0 Å². The number of hydrogen-bond acceptors (Lipinski definition) is 6. The average Bonchev–Trinajstić information content (AvgIpc) is 3.11. The number of aliphatic hydroxyl groups is 1. The molecule has 3 aromatic rings. The fraction of sp³-hybridized carbons (Fsp3) is 0.455. The molecule has 0 aliphatic carbocycles. The predicted molar refractivity (Wildman–Crippen MR) is 115 cm³/mol. The molecule has 0 atom stereocenters. The molecule has 5 rings (SSSR count). The minimum atomic E-state index is -3.22. The van der Waals surface area contributed by atoms with Crippen LogP contribution in [0.15, 0.2) is 24.3 Å². The molecule has 4 heterocycles. The molecule has 2 aromatic heterocycles. The summed E-state index contributed by atoms with van der Waals surface area (Å²) in [5.41, 5.74) is 4.18. The number of pyridine rings is 1. The van der Waals surface area contributed by atoms with Crippen LogP contribution in [0.1, 0.15) is 36.5 Å². The van der Waals surface area contributed by atoms with E-state index in [0.717, 1.165) is 53.9 Å². The number of anilines is 1. The zero-order valence-electron chi connectivity index (χ0n) is 16.9. The summed E-state index contributed by atoms with van der Waals surface area (Å²) in [7, 11) is -3.22. The van der Waals surface area contributed by atoms with E-state index < -0.39 is 9.84 Å². The van der Waals surface area contributed by atoms with Crippen LogP contribution in [0.5, 0.6) is 0 Å². The first kappa shape index (κ1) is 19.3. The van der Waals surface area contributed by atoms with E-state index in [0.29, 0.717) is 17.6 Å². The number of para-hydroxylation sites is 2. The number of fused-ring (bicyclic) bond motifs is 4. The predicted octanol–water partition coefficient (Wildman–Crippen LogP) is 2.43. The average molecular weight is 425 g/mol. The second-order valence-electron chi connectivity index (χ2n) is 8.82. The summed E-state index contributed by atoms with van der Waals surface area (Å²) in [5, 5.41) is 19.7. The molecule has 0 bridgehead atoms. The molecule has 156 valence electrons. The largest absolute Gasteiger partial charge is 0.396 e.